The molecule has 1 rings (SSSR count). The number of nitrogens with two attached hydrogens (primary N) is 1. The molecule has 0 bridgehead atoms. The summed E-state index contributed by atoms with van der Waals surface area (Å²) in [5.41, 5.74) is 8.41. The molecular formula is C12H16N4O2. The van der Waals surface area contributed by atoms with Gasteiger partial charge in [-0.15, -0.1) is 6.58 Å². The topological polar surface area (TPSA) is 87.5 Å². The Morgan fingerprint density at radius 2 is 2.00 bits per heavy atom. The maximum atomic E-state index is 11.4. The van der Waals surface area contributed by atoms with Gasteiger partial charge in [-0.05, 0) is 5.56 Å². The van der Waals surface area contributed by atoms with E-state index in [1.165, 1.54) is 6.08 Å². The van der Waals surface area contributed by atoms with Crippen molar-refractivity contribution in [3.8, 4) is 0 Å². The molecule has 0 saturated carbocycles. The van der Waals surface area contributed by atoms with Gasteiger partial charge in [0.05, 0.1) is 6.54 Å². The minimum atomic E-state index is -0.729. The van der Waals surface area contributed by atoms with Crippen molar-refractivity contribution in [3.63, 3.8) is 0 Å². The summed E-state index contributed by atoms with van der Waals surface area (Å²) in [5, 5.41) is 3.52. The lowest BCUT2D eigenvalue weighted by atomic mass is 10.2. The molecule has 0 fully saturated rings. The average Bonchev–Trinajstić information content (AvgIpc) is 2.36. The van der Waals surface area contributed by atoms with Crippen LogP contribution in [0.25, 0.3) is 0 Å². The fraction of sp³-hybridized carbons (Fsp3) is 0.167. The summed E-state index contributed by atoms with van der Waals surface area (Å²) in [6.45, 7) is 3.98. The zero-order valence-electron chi connectivity index (χ0n) is 9.93. The van der Waals surface area contributed by atoms with Gasteiger partial charge in [-0.1, -0.05) is 36.4 Å². The second-order valence-corrected chi connectivity index (χ2v) is 3.52. The Kier molecular flexibility index (Phi) is 5.24. The highest BCUT2D eigenvalue weighted by atomic mass is 16.2. The van der Waals surface area contributed by atoms with Crippen molar-refractivity contribution in [1.29, 1.82) is 0 Å². The standard InChI is InChI=1S/C12H16N4O2/c1-2-8-14-12(18)15-16(11(13)17)9-10-6-4-3-5-7-10/h2-7H,1,8-9H2,(H2,13,17)(H2,14,15,18). The first-order chi connectivity index (χ1) is 8.63. The van der Waals surface area contributed by atoms with Gasteiger partial charge in [-0.3, -0.25) is 0 Å². The Morgan fingerprint density at radius 3 is 2.56 bits per heavy atom. The lowest BCUT2D eigenvalue weighted by Crippen LogP contribution is -2.51. The fourth-order valence-electron chi connectivity index (χ4n) is 1.27. The monoisotopic (exact) mass is 248 g/mol. The van der Waals surface area contributed by atoms with Crippen molar-refractivity contribution < 1.29 is 9.59 Å². The summed E-state index contributed by atoms with van der Waals surface area (Å²) in [4.78, 5) is 22.6. The van der Waals surface area contributed by atoms with E-state index in [9.17, 15) is 9.59 Å². The second kappa shape index (κ2) is 6.95. The lowest BCUT2D eigenvalue weighted by Gasteiger charge is -2.21. The van der Waals surface area contributed by atoms with E-state index >= 15 is 0 Å². The summed E-state index contributed by atoms with van der Waals surface area (Å²) >= 11 is 0. The quantitative estimate of drug-likeness (QED) is 0.547. The fourth-order valence-corrected chi connectivity index (χ4v) is 1.27. The highest BCUT2D eigenvalue weighted by molar-refractivity contribution is 5.79. The first-order valence-electron chi connectivity index (χ1n) is 5.39. The first-order valence-corrected chi connectivity index (χ1v) is 5.39. The highest BCUT2D eigenvalue weighted by Gasteiger charge is 2.12. The van der Waals surface area contributed by atoms with E-state index in [-0.39, 0.29) is 6.54 Å². The van der Waals surface area contributed by atoms with Crippen molar-refractivity contribution in [3.05, 3.63) is 48.6 Å². The molecule has 6 heteroatoms. The number of nitrogens with zero attached hydrogens (tertiary/aromatic N) is 1. The lowest BCUT2D eigenvalue weighted by molar-refractivity contribution is 0.171. The molecule has 1 aromatic rings. The zero-order chi connectivity index (χ0) is 13.4. The van der Waals surface area contributed by atoms with Crippen molar-refractivity contribution in [2.24, 2.45) is 5.73 Å². The van der Waals surface area contributed by atoms with Crippen molar-refractivity contribution in [1.82, 2.24) is 15.8 Å². The summed E-state index contributed by atoms with van der Waals surface area (Å²) in [7, 11) is 0. The Hall–Kier alpha value is -2.50. The molecule has 4 N–H and O–H groups in total. The molecule has 0 spiro atoms. The third-order valence-corrected chi connectivity index (χ3v) is 2.09. The average molecular weight is 248 g/mol. The van der Waals surface area contributed by atoms with E-state index in [1.54, 1.807) is 0 Å². The minimum absolute atomic E-state index is 0.206. The van der Waals surface area contributed by atoms with Crippen LogP contribution in [0, 0.1) is 0 Å². The van der Waals surface area contributed by atoms with Gasteiger partial charge in [0.25, 0.3) is 0 Å². The van der Waals surface area contributed by atoms with Gasteiger partial charge in [0, 0.05) is 6.54 Å². The van der Waals surface area contributed by atoms with E-state index in [0.29, 0.717) is 6.54 Å². The molecule has 0 aliphatic carbocycles. The maximum Gasteiger partial charge on any atom is 0.333 e. The molecule has 0 saturated heterocycles. The molecule has 96 valence electrons. The molecule has 0 heterocycles. The largest absolute Gasteiger partial charge is 0.350 e. The van der Waals surface area contributed by atoms with Crippen LogP contribution in [-0.2, 0) is 6.54 Å². The van der Waals surface area contributed by atoms with Crippen LogP contribution < -0.4 is 16.5 Å². The summed E-state index contributed by atoms with van der Waals surface area (Å²) in [6.07, 6.45) is 1.53. The van der Waals surface area contributed by atoms with Crippen molar-refractivity contribution in [2.45, 2.75) is 6.54 Å². The SMILES string of the molecule is C=CCNC(=O)NN(Cc1ccccc1)C(N)=O. The molecular weight excluding hydrogens is 232 g/mol. The molecule has 0 aliphatic heterocycles. The smallest absolute Gasteiger partial charge is 0.333 e. The first kappa shape index (κ1) is 13.6. The molecule has 0 unspecified atom stereocenters. The second-order valence-electron chi connectivity index (χ2n) is 3.52. The molecule has 0 atom stereocenters. The van der Waals surface area contributed by atoms with E-state index < -0.39 is 12.1 Å². The van der Waals surface area contributed by atoms with Gasteiger partial charge < -0.3 is 11.1 Å². The normalized spacial score (nSPS) is 9.33. The van der Waals surface area contributed by atoms with Crippen LogP contribution in [0.4, 0.5) is 9.59 Å². The van der Waals surface area contributed by atoms with Crippen LogP contribution in [0.2, 0.25) is 0 Å². The predicted molar refractivity (Wildman–Crippen MR) is 68.3 cm³/mol. The molecule has 0 aromatic heterocycles. The zero-order valence-corrected chi connectivity index (χ0v) is 9.93. The number of amides is 4. The minimum Gasteiger partial charge on any atom is -0.350 e. The molecule has 6 nitrogen and oxygen atoms in total. The number of carbonyl (C=O) groups excluding carboxylic acids is 2. The van der Waals surface area contributed by atoms with Gasteiger partial charge in [0.1, 0.15) is 0 Å². The van der Waals surface area contributed by atoms with Gasteiger partial charge in [0.2, 0.25) is 0 Å². The van der Waals surface area contributed by atoms with E-state index in [4.69, 9.17) is 5.73 Å². The van der Waals surface area contributed by atoms with Crippen LogP contribution in [0.1, 0.15) is 5.56 Å². The van der Waals surface area contributed by atoms with Crippen LogP contribution in [0.5, 0.6) is 0 Å². The Morgan fingerprint density at radius 1 is 1.33 bits per heavy atom. The van der Waals surface area contributed by atoms with E-state index in [1.807, 2.05) is 30.3 Å². The van der Waals surface area contributed by atoms with Gasteiger partial charge in [0.15, 0.2) is 0 Å². The number of hydrogen-bond acceptors (Lipinski definition) is 2. The number of primary amides is 1. The van der Waals surface area contributed by atoms with Crippen LogP contribution in [-0.4, -0.2) is 23.6 Å². The van der Waals surface area contributed by atoms with Crippen molar-refractivity contribution >= 4 is 12.1 Å². The third kappa shape index (κ3) is 4.56. The Bertz CT molecular complexity index is 419. The summed E-state index contributed by atoms with van der Waals surface area (Å²) < 4.78 is 0. The highest BCUT2D eigenvalue weighted by Crippen LogP contribution is 2.01. The summed E-state index contributed by atoms with van der Waals surface area (Å²) in [6, 6.07) is 7.97. The number of hydrogen-bond donors (Lipinski definition) is 3. The third-order valence-electron chi connectivity index (χ3n) is 2.09. The number of nitrogens with one attached hydrogen (secondary N) is 2. The predicted octanol–water partition coefficient (Wildman–Crippen LogP) is 0.967. The number of urea groups is 2. The van der Waals surface area contributed by atoms with Crippen LogP contribution >= 0.6 is 0 Å². The maximum absolute atomic E-state index is 11.4. The molecule has 0 radical (unpaired) electrons. The molecule has 1 aromatic carbocycles. The Labute approximate surface area is 105 Å². The van der Waals surface area contributed by atoms with Crippen LogP contribution in [0.15, 0.2) is 43.0 Å². The van der Waals surface area contributed by atoms with E-state index in [2.05, 4.69) is 17.3 Å². The van der Waals surface area contributed by atoms with E-state index in [0.717, 1.165) is 10.6 Å². The van der Waals surface area contributed by atoms with Crippen LogP contribution in [0.3, 0.4) is 0 Å². The van der Waals surface area contributed by atoms with Crippen molar-refractivity contribution in [2.75, 3.05) is 6.54 Å². The van der Waals surface area contributed by atoms with Gasteiger partial charge >= 0.3 is 12.1 Å². The molecule has 4 amide bonds. The van der Waals surface area contributed by atoms with Gasteiger partial charge in [-0.25, -0.2) is 20.0 Å². The number of carbonyl (C=O) groups is 2. The Balaban J connectivity index is 2.58. The summed E-state index contributed by atoms with van der Waals surface area (Å²) in [5.74, 6) is 0. The molecule has 18 heavy (non-hydrogen) atoms. The molecule has 0 aliphatic rings. The van der Waals surface area contributed by atoms with Gasteiger partial charge in [-0.2, -0.15) is 0 Å². The number of benzene rings is 1. The number of hydrazine groups is 1. The number of rotatable bonds is 4.